The maximum Gasteiger partial charge on any atom is 0.269 e. The van der Waals surface area contributed by atoms with Crippen LogP contribution in [0.4, 0.5) is 11.4 Å². The average Bonchev–Trinajstić information content (AvgIpc) is 3.44. The number of piperazine rings is 1. The molecule has 0 saturated carbocycles. The van der Waals surface area contributed by atoms with Crippen molar-refractivity contribution < 1.29 is 9.66 Å². The molecule has 12 heteroatoms. The third-order valence-corrected chi connectivity index (χ3v) is 7.66. The van der Waals surface area contributed by atoms with Gasteiger partial charge in [-0.2, -0.15) is 0 Å². The number of pyridine rings is 1. The molecule has 0 radical (unpaired) electrons. The fourth-order valence-electron chi connectivity index (χ4n) is 5.00. The second kappa shape index (κ2) is 10.4. The van der Waals surface area contributed by atoms with Crippen LogP contribution in [0.1, 0.15) is 44.6 Å². The number of aromatic nitrogens is 5. The molecule has 39 heavy (non-hydrogen) atoms. The van der Waals surface area contributed by atoms with Gasteiger partial charge in [0.2, 0.25) is 0 Å². The van der Waals surface area contributed by atoms with Gasteiger partial charge in [-0.25, -0.2) is 4.68 Å². The molecule has 12 nitrogen and oxygen atoms in total. The van der Waals surface area contributed by atoms with E-state index < -0.39 is 11.0 Å². The van der Waals surface area contributed by atoms with Crippen LogP contribution in [0.5, 0.6) is 5.75 Å². The molecule has 2 aromatic heterocycles. The van der Waals surface area contributed by atoms with Crippen molar-refractivity contribution in [2.75, 3.05) is 38.2 Å². The first-order valence-electron chi connectivity index (χ1n) is 12.9. The molecule has 2 aromatic carbocycles. The van der Waals surface area contributed by atoms with E-state index in [4.69, 9.17) is 4.74 Å². The zero-order valence-electron chi connectivity index (χ0n) is 22.5. The molecule has 4 aromatic rings. The molecular formula is C27H32N8O4. The van der Waals surface area contributed by atoms with Crippen molar-refractivity contribution in [1.82, 2.24) is 30.1 Å². The van der Waals surface area contributed by atoms with Crippen molar-refractivity contribution in [1.29, 1.82) is 0 Å². The standard InChI is InChI=1S/C27H32N8O4/c1-5-27(2,3)34-25(29-30-31-34)24(22-16-18-6-11-21(39-4)17-23(18)28-26(22)36)33-14-12-32(13-15-33)19-7-9-20(10-8-19)35(37)38/h6-11,16-17,24H,5,12-15H2,1-4H3,(H,28,36)/t24-/m1/s1. The lowest BCUT2D eigenvalue weighted by Gasteiger charge is -2.40. The highest BCUT2D eigenvalue weighted by atomic mass is 16.6. The molecule has 204 valence electrons. The lowest BCUT2D eigenvalue weighted by molar-refractivity contribution is -0.384. The van der Waals surface area contributed by atoms with Gasteiger partial charge in [0.05, 0.1) is 23.1 Å². The molecule has 1 saturated heterocycles. The summed E-state index contributed by atoms with van der Waals surface area (Å²) in [5.74, 6) is 1.28. The Hall–Kier alpha value is -4.32. The lowest BCUT2D eigenvalue weighted by atomic mass is 9.99. The van der Waals surface area contributed by atoms with Gasteiger partial charge in [-0.1, -0.05) is 6.92 Å². The maximum atomic E-state index is 13.5. The summed E-state index contributed by atoms with van der Waals surface area (Å²) in [7, 11) is 1.59. The number of nitrogens with one attached hydrogen (secondary N) is 1. The number of hydrogen-bond donors (Lipinski definition) is 1. The van der Waals surface area contributed by atoms with Gasteiger partial charge in [0, 0.05) is 55.6 Å². The van der Waals surface area contributed by atoms with Crippen LogP contribution in [0.25, 0.3) is 10.9 Å². The van der Waals surface area contributed by atoms with Crippen LogP contribution >= 0.6 is 0 Å². The van der Waals surface area contributed by atoms with Gasteiger partial charge in [-0.15, -0.1) is 5.10 Å². The van der Waals surface area contributed by atoms with E-state index in [1.54, 1.807) is 19.2 Å². The third-order valence-electron chi connectivity index (χ3n) is 7.66. The summed E-state index contributed by atoms with van der Waals surface area (Å²) in [5, 5.41) is 24.7. The minimum Gasteiger partial charge on any atom is -0.497 e. The molecule has 1 aliphatic heterocycles. The summed E-state index contributed by atoms with van der Waals surface area (Å²) in [5.41, 5.74) is 1.69. The highest BCUT2D eigenvalue weighted by Crippen LogP contribution is 2.32. The largest absolute Gasteiger partial charge is 0.497 e. The lowest BCUT2D eigenvalue weighted by Crippen LogP contribution is -2.49. The number of non-ortho nitro benzene ring substituents is 1. The second-order valence-corrected chi connectivity index (χ2v) is 10.3. The Morgan fingerprint density at radius 1 is 1.10 bits per heavy atom. The van der Waals surface area contributed by atoms with Crippen LogP contribution in [0.3, 0.4) is 0 Å². The molecule has 0 unspecified atom stereocenters. The van der Waals surface area contributed by atoms with Crippen molar-refractivity contribution >= 4 is 22.3 Å². The van der Waals surface area contributed by atoms with E-state index in [1.807, 2.05) is 28.9 Å². The number of H-pyrrole nitrogens is 1. The van der Waals surface area contributed by atoms with Crippen molar-refractivity contribution in [2.24, 2.45) is 0 Å². The maximum absolute atomic E-state index is 13.5. The Labute approximate surface area is 225 Å². The molecule has 1 fully saturated rings. The van der Waals surface area contributed by atoms with Gasteiger partial charge in [-0.05, 0) is 66.4 Å². The summed E-state index contributed by atoms with van der Waals surface area (Å²) in [6, 6.07) is 13.6. The van der Waals surface area contributed by atoms with Crippen LogP contribution in [-0.2, 0) is 5.54 Å². The Morgan fingerprint density at radius 2 is 1.82 bits per heavy atom. The summed E-state index contributed by atoms with van der Waals surface area (Å²) >= 11 is 0. The van der Waals surface area contributed by atoms with Crippen molar-refractivity contribution in [2.45, 2.75) is 38.8 Å². The smallest absolute Gasteiger partial charge is 0.269 e. The van der Waals surface area contributed by atoms with Crippen LogP contribution in [0.15, 0.2) is 53.3 Å². The van der Waals surface area contributed by atoms with Crippen molar-refractivity contribution in [3.63, 3.8) is 0 Å². The summed E-state index contributed by atoms with van der Waals surface area (Å²) < 4.78 is 7.16. The number of nitro benzene ring substituents is 1. The van der Waals surface area contributed by atoms with E-state index in [-0.39, 0.29) is 16.8 Å². The Bertz CT molecular complexity index is 1540. The number of ether oxygens (including phenoxy) is 1. The van der Waals surface area contributed by atoms with Crippen molar-refractivity contribution in [3.05, 3.63) is 80.4 Å². The molecule has 1 N–H and O–H groups in total. The number of rotatable bonds is 8. The van der Waals surface area contributed by atoms with Gasteiger partial charge < -0.3 is 14.6 Å². The highest BCUT2D eigenvalue weighted by molar-refractivity contribution is 5.80. The number of hydrogen-bond acceptors (Lipinski definition) is 9. The van der Waals surface area contributed by atoms with Gasteiger partial charge in [-0.3, -0.25) is 19.8 Å². The van der Waals surface area contributed by atoms with Gasteiger partial charge in [0.15, 0.2) is 5.82 Å². The SMILES string of the molecule is CCC(C)(C)n1nnnc1[C@@H](c1cc2ccc(OC)cc2[nH]c1=O)N1CCN(c2ccc([N+](=O)[O-])cc2)CC1. The van der Waals surface area contributed by atoms with Crippen LogP contribution in [0, 0.1) is 10.1 Å². The van der Waals surface area contributed by atoms with Crippen LogP contribution in [-0.4, -0.2) is 68.3 Å². The normalized spacial score (nSPS) is 15.4. The van der Waals surface area contributed by atoms with E-state index in [0.29, 0.717) is 48.8 Å². The first-order valence-corrected chi connectivity index (χ1v) is 12.9. The second-order valence-electron chi connectivity index (χ2n) is 10.3. The van der Waals surface area contributed by atoms with E-state index in [9.17, 15) is 14.9 Å². The number of anilines is 1. The Balaban J connectivity index is 1.52. The van der Waals surface area contributed by atoms with E-state index in [0.717, 1.165) is 17.5 Å². The van der Waals surface area contributed by atoms with Gasteiger partial charge in [0.25, 0.3) is 11.2 Å². The fourth-order valence-corrected chi connectivity index (χ4v) is 5.00. The van der Waals surface area contributed by atoms with E-state index >= 15 is 0 Å². The van der Waals surface area contributed by atoms with Gasteiger partial charge >= 0.3 is 0 Å². The highest BCUT2D eigenvalue weighted by Gasteiger charge is 2.35. The molecule has 1 aliphatic rings. The zero-order chi connectivity index (χ0) is 27.7. The van der Waals surface area contributed by atoms with Crippen LogP contribution < -0.4 is 15.2 Å². The topological polar surface area (TPSA) is 135 Å². The first kappa shape index (κ1) is 26.3. The molecule has 0 amide bonds. The number of nitrogens with zero attached hydrogens (tertiary/aromatic N) is 7. The molecular weight excluding hydrogens is 500 g/mol. The molecule has 3 heterocycles. The monoisotopic (exact) mass is 532 g/mol. The first-order chi connectivity index (χ1) is 18.7. The number of fused-ring (bicyclic) bond motifs is 1. The predicted molar refractivity (Wildman–Crippen MR) is 147 cm³/mol. The fraction of sp³-hybridized carbons (Fsp3) is 0.407. The van der Waals surface area contributed by atoms with Crippen LogP contribution in [0.2, 0.25) is 0 Å². The van der Waals surface area contributed by atoms with E-state index in [1.165, 1.54) is 12.1 Å². The number of methoxy groups -OCH3 is 1. The molecule has 1 atom stereocenters. The number of tetrazole rings is 1. The number of nitro groups is 1. The summed E-state index contributed by atoms with van der Waals surface area (Å²) in [6.45, 7) is 8.87. The molecule has 0 bridgehead atoms. The zero-order valence-corrected chi connectivity index (χ0v) is 22.5. The minimum absolute atomic E-state index is 0.0657. The molecule has 5 rings (SSSR count). The average molecular weight is 533 g/mol. The number of benzene rings is 2. The molecule has 0 spiro atoms. The summed E-state index contributed by atoms with van der Waals surface area (Å²) in [6.07, 6.45) is 0.805. The minimum atomic E-state index is -0.472. The Kier molecular flexibility index (Phi) is 7.04. The van der Waals surface area contributed by atoms with Crippen molar-refractivity contribution in [3.8, 4) is 5.75 Å². The van der Waals surface area contributed by atoms with Gasteiger partial charge in [0.1, 0.15) is 11.8 Å². The quantitative estimate of drug-likeness (QED) is 0.267. The predicted octanol–water partition coefficient (Wildman–Crippen LogP) is 3.49. The number of aromatic amines is 1. The summed E-state index contributed by atoms with van der Waals surface area (Å²) in [4.78, 5) is 31.6. The molecule has 0 aliphatic carbocycles. The third kappa shape index (κ3) is 5.07. The Morgan fingerprint density at radius 3 is 2.46 bits per heavy atom. The van der Waals surface area contributed by atoms with E-state index in [2.05, 4.69) is 51.1 Å².